The number of benzene rings is 1. The van der Waals surface area contributed by atoms with Gasteiger partial charge in [-0.3, -0.25) is 0 Å². The highest BCUT2D eigenvalue weighted by Crippen LogP contribution is 2.42. The lowest BCUT2D eigenvalue weighted by Gasteiger charge is -2.07. The Labute approximate surface area is 109 Å². The van der Waals surface area contributed by atoms with Crippen molar-refractivity contribution in [3.63, 3.8) is 0 Å². The summed E-state index contributed by atoms with van der Waals surface area (Å²) in [5.74, 6) is 0.567. The molecule has 4 nitrogen and oxygen atoms in total. The quantitative estimate of drug-likeness (QED) is 0.929. The second-order valence-electron chi connectivity index (χ2n) is 4.53. The molecule has 1 aromatic heterocycles. The van der Waals surface area contributed by atoms with Gasteiger partial charge in [0.05, 0.1) is 12.2 Å². The van der Waals surface area contributed by atoms with E-state index in [1.54, 1.807) is 10.7 Å². The van der Waals surface area contributed by atoms with Crippen molar-refractivity contribution in [1.82, 2.24) is 15.0 Å². The first kappa shape index (κ1) is 11.5. The number of anilines is 1. The zero-order valence-corrected chi connectivity index (χ0v) is 10.4. The molecule has 1 heterocycles. The average Bonchev–Trinajstić information content (AvgIpc) is 3.10. The van der Waals surface area contributed by atoms with Gasteiger partial charge in [0.1, 0.15) is 5.82 Å². The first-order valence-corrected chi connectivity index (χ1v) is 6.15. The maximum Gasteiger partial charge on any atom is 0.169 e. The van der Waals surface area contributed by atoms with Crippen LogP contribution in [0.2, 0.25) is 5.02 Å². The average molecular weight is 267 g/mol. The molecule has 94 valence electrons. The van der Waals surface area contributed by atoms with E-state index >= 15 is 0 Å². The summed E-state index contributed by atoms with van der Waals surface area (Å²) in [5.41, 5.74) is 7.20. The highest BCUT2D eigenvalue weighted by molar-refractivity contribution is 6.30. The minimum atomic E-state index is -0.296. The summed E-state index contributed by atoms with van der Waals surface area (Å²) in [6.45, 7) is 0.308. The van der Waals surface area contributed by atoms with Crippen LogP contribution in [0.25, 0.3) is 0 Å². The standard InChI is InChI=1S/C12H12ClFN4/c13-9-3-4-10(14)8(5-9)6-18-11(7-1-2-7)12(15)16-17-18/h3-5,7H,1-2,6,15H2. The van der Waals surface area contributed by atoms with Crippen molar-refractivity contribution in [1.29, 1.82) is 0 Å². The summed E-state index contributed by atoms with van der Waals surface area (Å²) in [5, 5.41) is 8.34. The number of rotatable bonds is 3. The fraction of sp³-hybridized carbons (Fsp3) is 0.333. The van der Waals surface area contributed by atoms with Crippen LogP contribution in [0.1, 0.15) is 30.0 Å². The number of nitrogen functional groups attached to an aromatic ring is 1. The Morgan fingerprint density at radius 2 is 2.22 bits per heavy atom. The largest absolute Gasteiger partial charge is 0.381 e. The van der Waals surface area contributed by atoms with E-state index in [-0.39, 0.29) is 5.82 Å². The summed E-state index contributed by atoms with van der Waals surface area (Å²) in [7, 11) is 0. The van der Waals surface area contributed by atoms with Crippen LogP contribution in [0.3, 0.4) is 0 Å². The van der Waals surface area contributed by atoms with Gasteiger partial charge in [-0.2, -0.15) is 0 Å². The number of aromatic nitrogens is 3. The molecule has 0 radical (unpaired) electrons. The van der Waals surface area contributed by atoms with Crippen LogP contribution in [0, 0.1) is 5.82 Å². The molecule has 0 spiro atoms. The maximum absolute atomic E-state index is 13.7. The second kappa shape index (κ2) is 4.24. The van der Waals surface area contributed by atoms with Gasteiger partial charge in [-0.25, -0.2) is 9.07 Å². The van der Waals surface area contributed by atoms with Gasteiger partial charge in [-0.05, 0) is 31.0 Å². The van der Waals surface area contributed by atoms with Crippen LogP contribution in [0.15, 0.2) is 18.2 Å². The number of hydrogen-bond donors (Lipinski definition) is 1. The third-order valence-electron chi connectivity index (χ3n) is 3.09. The molecule has 1 aliphatic rings. The first-order valence-electron chi connectivity index (χ1n) is 5.78. The van der Waals surface area contributed by atoms with Crippen molar-refractivity contribution >= 4 is 17.4 Å². The molecule has 3 rings (SSSR count). The van der Waals surface area contributed by atoms with Gasteiger partial charge in [-0.15, -0.1) is 5.10 Å². The summed E-state index contributed by atoms with van der Waals surface area (Å²) in [6, 6.07) is 4.48. The number of nitrogens with two attached hydrogens (primary N) is 1. The lowest BCUT2D eigenvalue weighted by Crippen LogP contribution is -2.08. The van der Waals surface area contributed by atoms with Gasteiger partial charge in [0, 0.05) is 16.5 Å². The second-order valence-corrected chi connectivity index (χ2v) is 4.96. The fourth-order valence-electron chi connectivity index (χ4n) is 2.05. The molecule has 2 aromatic rings. The van der Waals surface area contributed by atoms with Crippen molar-refractivity contribution < 1.29 is 4.39 Å². The van der Waals surface area contributed by atoms with Gasteiger partial charge in [-0.1, -0.05) is 16.8 Å². The van der Waals surface area contributed by atoms with Gasteiger partial charge in [0.2, 0.25) is 0 Å². The number of halogens is 2. The number of nitrogens with zero attached hydrogens (tertiary/aromatic N) is 3. The molecule has 0 bridgehead atoms. The molecule has 1 aliphatic carbocycles. The van der Waals surface area contributed by atoms with Gasteiger partial charge < -0.3 is 5.73 Å². The van der Waals surface area contributed by atoms with Crippen LogP contribution in [0.5, 0.6) is 0 Å². The van der Waals surface area contributed by atoms with E-state index in [0.717, 1.165) is 18.5 Å². The highest BCUT2D eigenvalue weighted by Gasteiger charge is 2.30. The van der Waals surface area contributed by atoms with E-state index < -0.39 is 0 Å². The van der Waals surface area contributed by atoms with E-state index in [4.69, 9.17) is 17.3 Å². The van der Waals surface area contributed by atoms with E-state index in [9.17, 15) is 4.39 Å². The van der Waals surface area contributed by atoms with Crippen LogP contribution in [-0.2, 0) is 6.54 Å². The monoisotopic (exact) mass is 266 g/mol. The van der Waals surface area contributed by atoms with Crippen LogP contribution in [0.4, 0.5) is 10.2 Å². The summed E-state index contributed by atoms with van der Waals surface area (Å²) >= 11 is 5.87. The first-order chi connectivity index (χ1) is 8.65. The summed E-state index contributed by atoms with van der Waals surface area (Å²) in [4.78, 5) is 0. The molecule has 2 N–H and O–H groups in total. The Morgan fingerprint density at radius 3 is 2.94 bits per heavy atom. The molecule has 6 heteroatoms. The van der Waals surface area contributed by atoms with Gasteiger partial charge in [0.25, 0.3) is 0 Å². The molecule has 1 saturated carbocycles. The zero-order valence-electron chi connectivity index (χ0n) is 9.61. The zero-order chi connectivity index (χ0) is 12.7. The smallest absolute Gasteiger partial charge is 0.169 e. The van der Waals surface area contributed by atoms with E-state index in [2.05, 4.69) is 10.3 Å². The SMILES string of the molecule is Nc1nnn(Cc2cc(Cl)ccc2F)c1C1CC1. The lowest BCUT2D eigenvalue weighted by atomic mass is 10.2. The van der Waals surface area contributed by atoms with Crippen LogP contribution < -0.4 is 5.73 Å². The minimum absolute atomic E-state index is 0.296. The Morgan fingerprint density at radius 1 is 1.44 bits per heavy atom. The number of hydrogen-bond acceptors (Lipinski definition) is 3. The molecular formula is C12H12ClFN4. The summed E-state index contributed by atoms with van der Waals surface area (Å²) in [6.07, 6.45) is 2.19. The molecule has 0 amide bonds. The molecular weight excluding hydrogens is 255 g/mol. The Bertz CT molecular complexity index is 592. The Kier molecular flexibility index (Phi) is 2.70. The lowest BCUT2D eigenvalue weighted by molar-refractivity contribution is 0.566. The molecule has 0 saturated heterocycles. The molecule has 1 aromatic carbocycles. The van der Waals surface area contributed by atoms with Gasteiger partial charge in [0.15, 0.2) is 5.82 Å². The molecule has 0 atom stereocenters. The normalized spacial score (nSPS) is 15.0. The summed E-state index contributed by atoms with van der Waals surface area (Å²) < 4.78 is 15.3. The van der Waals surface area contributed by atoms with E-state index in [1.807, 2.05) is 0 Å². The molecule has 1 fully saturated rings. The Balaban J connectivity index is 1.94. The van der Waals surface area contributed by atoms with E-state index in [0.29, 0.717) is 28.9 Å². The highest BCUT2D eigenvalue weighted by atomic mass is 35.5. The topological polar surface area (TPSA) is 56.7 Å². The van der Waals surface area contributed by atoms with Crippen LogP contribution >= 0.6 is 11.6 Å². The third-order valence-corrected chi connectivity index (χ3v) is 3.33. The van der Waals surface area contributed by atoms with Crippen molar-refractivity contribution in [2.45, 2.75) is 25.3 Å². The van der Waals surface area contributed by atoms with Crippen molar-refractivity contribution in [3.8, 4) is 0 Å². The van der Waals surface area contributed by atoms with Gasteiger partial charge >= 0.3 is 0 Å². The predicted octanol–water partition coefficient (Wildman–Crippen LogP) is 2.58. The van der Waals surface area contributed by atoms with Crippen molar-refractivity contribution in [3.05, 3.63) is 40.3 Å². The molecule has 0 unspecified atom stereocenters. The minimum Gasteiger partial charge on any atom is -0.381 e. The predicted molar refractivity (Wildman–Crippen MR) is 66.9 cm³/mol. The maximum atomic E-state index is 13.7. The Hall–Kier alpha value is -1.62. The fourth-order valence-corrected chi connectivity index (χ4v) is 2.25. The molecule has 0 aliphatic heterocycles. The molecule has 18 heavy (non-hydrogen) atoms. The van der Waals surface area contributed by atoms with Crippen LogP contribution in [-0.4, -0.2) is 15.0 Å². The third kappa shape index (κ3) is 2.06. The van der Waals surface area contributed by atoms with Crippen molar-refractivity contribution in [2.75, 3.05) is 5.73 Å². The van der Waals surface area contributed by atoms with Crippen molar-refractivity contribution in [2.24, 2.45) is 0 Å². The van der Waals surface area contributed by atoms with E-state index in [1.165, 1.54) is 12.1 Å².